The Morgan fingerprint density at radius 3 is 3.16 bits per heavy atom. The van der Waals surface area contributed by atoms with E-state index in [9.17, 15) is 4.79 Å². The lowest BCUT2D eigenvalue weighted by Crippen LogP contribution is -2.53. The maximum Gasteiger partial charge on any atom is 0.274 e. The number of aromatic amines is 1. The van der Waals surface area contributed by atoms with Crippen LogP contribution in [-0.2, 0) is 6.54 Å². The Bertz CT molecular complexity index is 632. The fraction of sp³-hybridized carbons (Fsp3) is 0.583. The number of piperazine rings is 1. The molecule has 0 spiro atoms. The highest BCUT2D eigenvalue weighted by Crippen LogP contribution is 2.10. The Kier molecular flexibility index (Phi) is 3.08. The third kappa shape index (κ3) is 2.39. The lowest BCUT2D eigenvalue weighted by atomic mass is 10.1. The first-order valence-corrected chi connectivity index (χ1v) is 6.53. The van der Waals surface area contributed by atoms with E-state index in [4.69, 9.17) is 0 Å². The Morgan fingerprint density at radius 2 is 2.32 bits per heavy atom. The number of hydrogen-bond acceptors (Lipinski definition) is 5. The molecule has 2 aromatic heterocycles. The van der Waals surface area contributed by atoms with Gasteiger partial charge in [-0.25, -0.2) is 9.97 Å². The number of fused-ring (bicyclic) bond motifs is 1. The van der Waals surface area contributed by atoms with Crippen LogP contribution in [0.4, 0.5) is 0 Å². The van der Waals surface area contributed by atoms with Crippen molar-refractivity contribution < 1.29 is 0 Å². The maximum absolute atomic E-state index is 11.9. The maximum atomic E-state index is 11.9. The third-order valence-electron chi connectivity index (χ3n) is 3.58. The summed E-state index contributed by atoms with van der Waals surface area (Å²) in [6.45, 7) is 6.95. The molecule has 7 nitrogen and oxygen atoms in total. The molecule has 3 rings (SSSR count). The molecule has 2 N–H and O–H groups in total. The standard InChI is InChI=1S/C12H18N6O/c1-8-5-17(9(2)4-13-8)6-10-3-11(19)18-12(16-10)14-7-15-18/h3,7-9,13H,4-6H2,1-2H3,(H,14,15,16). The van der Waals surface area contributed by atoms with Crippen molar-refractivity contribution in [3.63, 3.8) is 0 Å². The van der Waals surface area contributed by atoms with Gasteiger partial charge in [0, 0.05) is 37.8 Å². The molecule has 1 aliphatic heterocycles. The van der Waals surface area contributed by atoms with E-state index in [0.29, 0.717) is 24.4 Å². The van der Waals surface area contributed by atoms with E-state index in [2.05, 4.69) is 39.1 Å². The number of aromatic nitrogens is 4. The van der Waals surface area contributed by atoms with Gasteiger partial charge < -0.3 is 5.32 Å². The van der Waals surface area contributed by atoms with Crippen LogP contribution in [0.25, 0.3) is 5.78 Å². The van der Waals surface area contributed by atoms with E-state index in [0.717, 1.165) is 18.8 Å². The minimum Gasteiger partial charge on any atom is -0.311 e. The first kappa shape index (κ1) is 12.3. The van der Waals surface area contributed by atoms with Crippen LogP contribution in [0.5, 0.6) is 0 Å². The molecule has 1 fully saturated rings. The molecule has 0 saturated carbocycles. The minimum atomic E-state index is -0.117. The summed E-state index contributed by atoms with van der Waals surface area (Å²) in [5, 5.41) is 6.18. The average Bonchev–Trinajstić information content (AvgIpc) is 2.82. The van der Waals surface area contributed by atoms with Gasteiger partial charge in [0.2, 0.25) is 0 Å². The second-order valence-corrected chi connectivity index (χ2v) is 5.20. The number of hydrogen-bond donors (Lipinski definition) is 2. The van der Waals surface area contributed by atoms with Crippen molar-refractivity contribution in [2.45, 2.75) is 32.5 Å². The molecule has 0 amide bonds. The van der Waals surface area contributed by atoms with Gasteiger partial charge in [0.15, 0.2) is 0 Å². The lowest BCUT2D eigenvalue weighted by Gasteiger charge is -2.37. The summed E-state index contributed by atoms with van der Waals surface area (Å²) in [6, 6.07) is 2.48. The number of nitrogens with one attached hydrogen (secondary N) is 2. The van der Waals surface area contributed by atoms with Crippen molar-refractivity contribution in [2.24, 2.45) is 0 Å². The zero-order valence-corrected chi connectivity index (χ0v) is 11.1. The molecule has 2 aromatic rings. The molecule has 0 aromatic carbocycles. The summed E-state index contributed by atoms with van der Waals surface area (Å²) >= 11 is 0. The summed E-state index contributed by atoms with van der Waals surface area (Å²) < 4.78 is 1.34. The second-order valence-electron chi connectivity index (χ2n) is 5.20. The van der Waals surface area contributed by atoms with Crippen LogP contribution in [0.2, 0.25) is 0 Å². The Morgan fingerprint density at radius 1 is 1.47 bits per heavy atom. The van der Waals surface area contributed by atoms with Crippen LogP contribution in [0.1, 0.15) is 19.5 Å². The topological polar surface area (TPSA) is 78.3 Å². The summed E-state index contributed by atoms with van der Waals surface area (Å²) in [7, 11) is 0. The molecule has 2 unspecified atom stereocenters. The van der Waals surface area contributed by atoms with Crippen LogP contribution < -0.4 is 10.9 Å². The van der Waals surface area contributed by atoms with Gasteiger partial charge in [-0.1, -0.05) is 0 Å². The normalized spacial score (nSPS) is 24.9. The second kappa shape index (κ2) is 4.75. The van der Waals surface area contributed by atoms with Gasteiger partial charge in [0.25, 0.3) is 11.3 Å². The van der Waals surface area contributed by atoms with E-state index in [1.165, 1.54) is 10.8 Å². The van der Waals surface area contributed by atoms with Crippen LogP contribution in [0, 0.1) is 0 Å². The minimum absolute atomic E-state index is 0.117. The molecule has 0 bridgehead atoms. The molecule has 7 heteroatoms. The molecule has 0 radical (unpaired) electrons. The highest BCUT2D eigenvalue weighted by atomic mass is 16.1. The first-order valence-electron chi connectivity index (χ1n) is 6.53. The van der Waals surface area contributed by atoms with Crippen molar-refractivity contribution >= 4 is 5.78 Å². The van der Waals surface area contributed by atoms with E-state index in [1.54, 1.807) is 6.07 Å². The molecule has 102 valence electrons. The van der Waals surface area contributed by atoms with Gasteiger partial charge in [-0.05, 0) is 13.8 Å². The van der Waals surface area contributed by atoms with Gasteiger partial charge in [-0.2, -0.15) is 4.52 Å². The van der Waals surface area contributed by atoms with Crippen molar-refractivity contribution in [3.8, 4) is 0 Å². The van der Waals surface area contributed by atoms with Gasteiger partial charge in [0.1, 0.15) is 6.33 Å². The third-order valence-corrected chi connectivity index (χ3v) is 3.58. The number of nitrogens with zero attached hydrogens (tertiary/aromatic N) is 4. The molecule has 1 saturated heterocycles. The van der Waals surface area contributed by atoms with Crippen molar-refractivity contribution in [3.05, 3.63) is 28.4 Å². The molecule has 1 aliphatic rings. The Balaban J connectivity index is 1.86. The lowest BCUT2D eigenvalue weighted by molar-refractivity contribution is 0.137. The average molecular weight is 262 g/mol. The van der Waals surface area contributed by atoms with Gasteiger partial charge >= 0.3 is 0 Å². The predicted octanol–water partition coefficient (Wildman–Crippen LogP) is -0.400. The van der Waals surface area contributed by atoms with Crippen molar-refractivity contribution in [2.75, 3.05) is 13.1 Å². The van der Waals surface area contributed by atoms with E-state index in [1.807, 2.05) is 0 Å². The van der Waals surface area contributed by atoms with E-state index < -0.39 is 0 Å². The zero-order chi connectivity index (χ0) is 13.4. The van der Waals surface area contributed by atoms with Crippen LogP contribution >= 0.6 is 0 Å². The molecule has 3 heterocycles. The van der Waals surface area contributed by atoms with Gasteiger partial charge in [-0.15, -0.1) is 0 Å². The molecular formula is C12H18N6O. The summed E-state index contributed by atoms with van der Waals surface area (Å²) in [4.78, 5) is 22.6. The molecule has 0 aliphatic carbocycles. The zero-order valence-electron chi connectivity index (χ0n) is 11.1. The van der Waals surface area contributed by atoms with Crippen molar-refractivity contribution in [1.29, 1.82) is 0 Å². The van der Waals surface area contributed by atoms with Crippen LogP contribution in [0.15, 0.2) is 17.2 Å². The van der Waals surface area contributed by atoms with Gasteiger partial charge in [0.05, 0.1) is 5.69 Å². The fourth-order valence-corrected chi connectivity index (χ4v) is 2.48. The Hall–Kier alpha value is -1.73. The predicted molar refractivity (Wildman–Crippen MR) is 70.9 cm³/mol. The smallest absolute Gasteiger partial charge is 0.274 e. The summed E-state index contributed by atoms with van der Waals surface area (Å²) in [5.74, 6) is 0.429. The largest absolute Gasteiger partial charge is 0.311 e. The molecule has 19 heavy (non-hydrogen) atoms. The fourth-order valence-electron chi connectivity index (χ4n) is 2.48. The highest BCUT2D eigenvalue weighted by molar-refractivity contribution is 5.26. The van der Waals surface area contributed by atoms with Crippen LogP contribution in [0.3, 0.4) is 0 Å². The summed E-state index contributed by atoms with van der Waals surface area (Å²) in [5.41, 5.74) is 0.659. The van der Waals surface area contributed by atoms with E-state index >= 15 is 0 Å². The number of rotatable bonds is 2. The Labute approximate surface area is 110 Å². The van der Waals surface area contributed by atoms with Gasteiger partial charge in [-0.3, -0.25) is 14.8 Å². The number of H-pyrrole nitrogens is 1. The van der Waals surface area contributed by atoms with Crippen molar-refractivity contribution in [1.82, 2.24) is 29.8 Å². The SMILES string of the molecule is CC1CN(Cc2cc(=O)n3[nH]cnc3n2)C(C)CN1. The highest BCUT2D eigenvalue weighted by Gasteiger charge is 2.22. The first-order chi connectivity index (χ1) is 9.13. The van der Waals surface area contributed by atoms with E-state index in [-0.39, 0.29) is 5.56 Å². The monoisotopic (exact) mass is 262 g/mol. The quantitative estimate of drug-likeness (QED) is 0.770. The molecule has 2 atom stereocenters. The molecular weight excluding hydrogens is 244 g/mol. The van der Waals surface area contributed by atoms with Crippen LogP contribution in [-0.4, -0.2) is 49.7 Å². The summed E-state index contributed by atoms with van der Waals surface area (Å²) in [6.07, 6.45) is 1.48.